The van der Waals surface area contributed by atoms with Crippen LogP contribution in [0.15, 0.2) is 53.6 Å². The molecule has 0 unspecified atom stereocenters. The fourth-order valence-electron chi connectivity index (χ4n) is 3.78. The van der Waals surface area contributed by atoms with Gasteiger partial charge in [-0.2, -0.15) is 4.31 Å². The Morgan fingerprint density at radius 3 is 2.47 bits per heavy atom. The van der Waals surface area contributed by atoms with Crippen molar-refractivity contribution < 1.29 is 18.0 Å². The van der Waals surface area contributed by atoms with Crippen molar-refractivity contribution in [3.63, 3.8) is 0 Å². The Balaban J connectivity index is 1.85. The first kappa shape index (κ1) is 24.0. The molecule has 0 aliphatic carbocycles. The summed E-state index contributed by atoms with van der Waals surface area (Å²) in [6.07, 6.45) is 3.54. The molecule has 0 saturated carbocycles. The van der Waals surface area contributed by atoms with Gasteiger partial charge < -0.3 is 10.2 Å². The summed E-state index contributed by atoms with van der Waals surface area (Å²) in [7, 11) is -3.79. The number of sulfonamides is 1. The van der Waals surface area contributed by atoms with Crippen molar-refractivity contribution in [2.75, 3.05) is 18.4 Å². The van der Waals surface area contributed by atoms with Crippen molar-refractivity contribution in [2.24, 2.45) is 0 Å². The third kappa shape index (κ3) is 4.87. The van der Waals surface area contributed by atoms with E-state index in [9.17, 15) is 18.0 Å². The summed E-state index contributed by atoms with van der Waals surface area (Å²) in [5, 5.41) is 2.84. The number of nitrogens with one attached hydrogen (secondary N) is 1. The smallest absolute Gasteiger partial charge is 0.244 e. The molecule has 1 aliphatic heterocycles. The van der Waals surface area contributed by atoms with Gasteiger partial charge >= 0.3 is 0 Å². The molecule has 2 aromatic carbocycles. The van der Waals surface area contributed by atoms with Crippen molar-refractivity contribution in [1.82, 2.24) is 9.21 Å². The molecule has 9 heteroatoms. The van der Waals surface area contributed by atoms with Gasteiger partial charge in [0.2, 0.25) is 21.8 Å². The molecular formula is C23H26ClN3O4S. The van der Waals surface area contributed by atoms with Crippen molar-refractivity contribution in [2.45, 2.75) is 38.1 Å². The van der Waals surface area contributed by atoms with Gasteiger partial charge in [-0.15, -0.1) is 0 Å². The lowest BCUT2D eigenvalue weighted by Gasteiger charge is -2.32. The number of anilines is 1. The van der Waals surface area contributed by atoms with Crippen LogP contribution in [-0.4, -0.2) is 42.5 Å². The van der Waals surface area contributed by atoms with Crippen LogP contribution >= 0.6 is 11.6 Å². The maximum Gasteiger partial charge on any atom is 0.244 e. The Bertz CT molecular complexity index is 1160. The third-order valence-electron chi connectivity index (χ3n) is 5.39. The second kappa shape index (κ2) is 9.85. The summed E-state index contributed by atoms with van der Waals surface area (Å²) < 4.78 is 27.1. The number of hydrogen-bond donors (Lipinski definition) is 1. The van der Waals surface area contributed by atoms with Gasteiger partial charge in [-0.05, 0) is 35.4 Å². The molecule has 7 nitrogen and oxygen atoms in total. The highest BCUT2D eigenvalue weighted by molar-refractivity contribution is 7.89. The second-order valence-electron chi connectivity index (χ2n) is 7.37. The van der Waals surface area contributed by atoms with Crippen LogP contribution in [0.4, 0.5) is 5.69 Å². The van der Waals surface area contributed by atoms with Crippen LogP contribution < -0.4 is 5.32 Å². The molecule has 1 atom stereocenters. The first-order valence-electron chi connectivity index (χ1n) is 10.3. The Hall–Kier alpha value is -2.68. The summed E-state index contributed by atoms with van der Waals surface area (Å²) in [4.78, 5) is 26.5. The first-order valence-corrected chi connectivity index (χ1v) is 12.2. The number of carbonyl (C=O) groups is 2. The Morgan fingerprint density at radius 2 is 1.81 bits per heavy atom. The second-order valence-corrected chi connectivity index (χ2v) is 9.69. The van der Waals surface area contributed by atoms with E-state index in [1.54, 1.807) is 26.1 Å². The molecule has 2 amide bonds. The minimum atomic E-state index is -3.79. The molecule has 0 bridgehead atoms. The van der Waals surface area contributed by atoms with Crippen LogP contribution in [-0.2, 0) is 19.6 Å². The zero-order valence-corrected chi connectivity index (χ0v) is 19.8. The highest BCUT2D eigenvalue weighted by Crippen LogP contribution is 2.33. The van der Waals surface area contributed by atoms with Crippen LogP contribution in [0.25, 0.3) is 6.08 Å². The Kier molecular flexibility index (Phi) is 7.38. The quantitative estimate of drug-likeness (QED) is 0.647. The van der Waals surface area contributed by atoms with Crippen molar-refractivity contribution in [3.05, 3.63) is 64.8 Å². The number of benzene rings is 2. The van der Waals surface area contributed by atoms with Crippen molar-refractivity contribution in [3.8, 4) is 0 Å². The number of amides is 2. The highest BCUT2D eigenvalue weighted by atomic mass is 35.5. The van der Waals surface area contributed by atoms with E-state index >= 15 is 0 Å². The van der Waals surface area contributed by atoms with Crippen molar-refractivity contribution >= 4 is 45.2 Å². The number of hydrogen-bond acceptors (Lipinski definition) is 4. The Labute approximate surface area is 193 Å². The molecular weight excluding hydrogens is 450 g/mol. The molecule has 3 rings (SSSR count). The SMILES string of the molecule is CCN(CC)S(=O)(=O)c1cc(NC(=O)C[C@H]2c3ccccc3C=CN2C(C)=O)ccc1Cl. The maximum atomic E-state index is 12.9. The summed E-state index contributed by atoms with van der Waals surface area (Å²) in [6, 6.07) is 11.5. The molecule has 0 aromatic heterocycles. The molecule has 170 valence electrons. The van der Waals surface area contributed by atoms with E-state index in [1.807, 2.05) is 30.3 Å². The van der Waals surface area contributed by atoms with Crippen LogP contribution in [0.5, 0.6) is 0 Å². The molecule has 1 heterocycles. The van der Waals surface area contributed by atoms with E-state index in [0.29, 0.717) is 18.8 Å². The van der Waals surface area contributed by atoms with Crippen molar-refractivity contribution in [1.29, 1.82) is 0 Å². The van der Waals surface area contributed by atoms with Gasteiger partial charge in [-0.1, -0.05) is 49.7 Å². The topological polar surface area (TPSA) is 86.8 Å². The monoisotopic (exact) mass is 475 g/mol. The van der Waals surface area contributed by atoms with E-state index in [4.69, 9.17) is 11.6 Å². The lowest BCUT2D eigenvalue weighted by Crippen LogP contribution is -2.33. The Morgan fingerprint density at radius 1 is 1.12 bits per heavy atom. The van der Waals surface area contributed by atoms with E-state index in [2.05, 4.69) is 5.32 Å². The summed E-state index contributed by atoms with van der Waals surface area (Å²) in [6.45, 7) is 5.56. The van der Waals surface area contributed by atoms with Gasteiger partial charge in [-0.3, -0.25) is 9.59 Å². The summed E-state index contributed by atoms with van der Waals surface area (Å²) in [5.74, 6) is -0.521. The van der Waals surface area contributed by atoms with Gasteiger partial charge in [0.15, 0.2) is 0 Å². The molecule has 0 spiro atoms. The van der Waals surface area contributed by atoms with Crippen LogP contribution in [0.1, 0.15) is 44.4 Å². The molecule has 32 heavy (non-hydrogen) atoms. The van der Waals surface area contributed by atoms with Gasteiger partial charge in [0.1, 0.15) is 4.90 Å². The molecule has 1 N–H and O–H groups in total. The predicted molar refractivity (Wildman–Crippen MR) is 126 cm³/mol. The average molecular weight is 476 g/mol. The molecule has 0 radical (unpaired) electrons. The zero-order chi connectivity index (χ0) is 23.5. The fourth-order valence-corrected chi connectivity index (χ4v) is 5.74. The van der Waals surface area contributed by atoms with Gasteiger partial charge in [0.25, 0.3) is 0 Å². The molecule has 0 saturated heterocycles. The molecule has 0 fully saturated rings. The van der Waals surface area contributed by atoms with Gasteiger partial charge in [0.05, 0.1) is 17.5 Å². The molecule has 2 aromatic rings. The molecule has 1 aliphatic rings. The lowest BCUT2D eigenvalue weighted by atomic mass is 9.93. The first-order chi connectivity index (χ1) is 15.2. The minimum Gasteiger partial charge on any atom is -0.326 e. The summed E-state index contributed by atoms with van der Waals surface area (Å²) >= 11 is 6.17. The zero-order valence-electron chi connectivity index (χ0n) is 18.2. The number of rotatable bonds is 7. The lowest BCUT2D eigenvalue weighted by molar-refractivity contribution is -0.129. The van der Waals surface area contributed by atoms with E-state index < -0.39 is 16.1 Å². The number of halogens is 1. The van der Waals surface area contributed by atoms with Gasteiger partial charge in [0, 0.05) is 31.9 Å². The van der Waals surface area contributed by atoms with Crippen LogP contribution in [0, 0.1) is 0 Å². The normalized spacial score (nSPS) is 15.5. The van der Waals surface area contributed by atoms with Crippen LogP contribution in [0.3, 0.4) is 0 Å². The van der Waals surface area contributed by atoms with E-state index in [0.717, 1.165) is 11.1 Å². The standard InChI is InChI=1S/C23H26ClN3O4S/c1-4-26(5-2)32(30,31)22-14-18(10-11-20(22)24)25-23(29)15-21-19-9-7-6-8-17(19)12-13-27(21)16(3)28/h6-14,21H,4-5,15H2,1-3H3,(H,25,29)/t21-/m0/s1. The minimum absolute atomic E-state index is 0.0156. The number of carbonyl (C=O) groups excluding carboxylic acids is 2. The maximum absolute atomic E-state index is 12.9. The number of fused-ring (bicyclic) bond motifs is 1. The fraction of sp³-hybridized carbons (Fsp3) is 0.304. The third-order valence-corrected chi connectivity index (χ3v) is 7.92. The van der Waals surface area contributed by atoms with E-state index in [-0.39, 0.29) is 28.2 Å². The van der Waals surface area contributed by atoms with Gasteiger partial charge in [-0.25, -0.2) is 8.42 Å². The highest BCUT2D eigenvalue weighted by Gasteiger charge is 2.29. The number of nitrogens with zero attached hydrogens (tertiary/aromatic N) is 2. The average Bonchev–Trinajstić information content (AvgIpc) is 2.75. The van der Waals surface area contributed by atoms with Crippen LogP contribution in [0.2, 0.25) is 5.02 Å². The predicted octanol–water partition coefficient (Wildman–Crippen LogP) is 4.27. The van der Waals surface area contributed by atoms with E-state index in [1.165, 1.54) is 28.3 Å². The summed E-state index contributed by atoms with van der Waals surface area (Å²) in [5.41, 5.74) is 2.14. The largest absolute Gasteiger partial charge is 0.326 e.